The molecule has 0 unspecified atom stereocenters. The van der Waals surface area contributed by atoms with Crippen LogP contribution in [0.3, 0.4) is 0 Å². The standard InChI is InChI=1S/C11H9BrN4O/c1-17-7-8-2-3-9(12)4-11(8)16-15-10(5-13)6-14/h2-4,16H,7H2,1H3. The van der Waals surface area contributed by atoms with Gasteiger partial charge in [-0.05, 0) is 12.1 Å². The van der Waals surface area contributed by atoms with Crippen molar-refractivity contribution in [1.82, 2.24) is 0 Å². The lowest BCUT2D eigenvalue weighted by Gasteiger charge is -2.08. The van der Waals surface area contributed by atoms with E-state index >= 15 is 0 Å². The Morgan fingerprint density at radius 2 is 2.18 bits per heavy atom. The summed E-state index contributed by atoms with van der Waals surface area (Å²) in [7, 11) is 1.59. The van der Waals surface area contributed by atoms with Gasteiger partial charge in [-0.15, -0.1) is 0 Å². The molecule has 0 atom stereocenters. The molecular weight excluding hydrogens is 284 g/mol. The van der Waals surface area contributed by atoms with Crippen LogP contribution in [0.25, 0.3) is 0 Å². The van der Waals surface area contributed by atoms with Crippen LogP contribution in [0.4, 0.5) is 5.69 Å². The highest BCUT2D eigenvalue weighted by atomic mass is 79.9. The highest BCUT2D eigenvalue weighted by Crippen LogP contribution is 2.22. The Kier molecular flexibility index (Phi) is 5.15. The van der Waals surface area contributed by atoms with Gasteiger partial charge < -0.3 is 4.74 Å². The second-order valence-corrected chi connectivity index (χ2v) is 3.95. The minimum atomic E-state index is -0.228. The quantitative estimate of drug-likeness (QED) is 0.682. The third kappa shape index (κ3) is 3.87. The van der Waals surface area contributed by atoms with Gasteiger partial charge >= 0.3 is 0 Å². The highest BCUT2D eigenvalue weighted by Gasteiger charge is 2.03. The zero-order valence-electron chi connectivity index (χ0n) is 9.07. The zero-order valence-corrected chi connectivity index (χ0v) is 10.7. The molecule has 0 saturated heterocycles. The number of halogens is 1. The van der Waals surface area contributed by atoms with E-state index in [0.29, 0.717) is 12.3 Å². The van der Waals surface area contributed by atoms with Crippen molar-refractivity contribution in [2.45, 2.75) is 6.61 Å². The van der Waals surface area contributed by atoms with E-state index in [-0.39, 0.29) is 5.71 Å². The molecule has 17 heavy (non-hydrogen) atoms. The first-order chi connectivity index (χ1) is 8.21. The van der Waals surface area contributed by atoms with Crippen LogP contribution in [-0.2, 0) is 11.3 Å². The number of hydrogen-bond donors (Lipinski definition) is 1. The highest BCUT2D eigenvalue weighted by molar-refractivity contribution is 9.10. The number of ether oxygens (including phenoxy) is 1. The Balaban J connectivity index is 2.97. The summed E-state index contributed by atoms with van der Waals surface area (Å²) in [5.74, 6) is 0. The van der Waals surface area contributed by atoms with Gasteiger partial charge in [0.15, 0.2) is 0 Å². The summed E-state index contributed by atoms with van der Waals surface area (Å²) >= 11 is 3.33. The fraction of sp³-hybridized carbons (Fsp3) is 0.182. The van der Waals surface area contributed by atoms with E-state index in [1.165, 1.54) is 0 Å². The number of rotatable bonds is 4. The number of benzene rings is 1. The average molecular weight is 293 g/mol. The smallest absolute Gasteiger partial charge is 0.237 e. The van der Waals surface area contributed by atoms with Gasteiger partial charge in [0.2, 0.25) is 5.71 Å². The maximum absolute atomic E-state index is 8.55. The molecule has 1 rings (SSSR count). The predicted octanol–water partition coefficient (Wildman–Crippen LogP) is 2.41. The summed E-state index contributed by atoms with van der Waals surface area (Å²) in [6.45, 7) is 0.416. The van der Waals surface area contributed by atoms with Gasteiger partial charge in [0.25, 0.3) is 0 Å². The first kappa shape index (κ1) is 13.2. The third-order valence-corrected chi connectivity index (χ3v) is 2.36. The topological polar surface area (TPSA) is 81.2 Å². The van der Waals surface area contributed by atoms with Crippen LogP contribution in [-0.4, -0.2) is 12.8 Å². The summed E-state index contributed by atoms with van der Waals surface area (Å²) in [5.41, 5.74) is 4.01. The predicted molar refractivity (Wildman–Crippen MR) is 67.1 cm³/mol. The molecule has 0 saturated carbocycles. The Labute approximate surface area is 107 Å². The molecule has 1 N–H and O–H groups in total. The summed E-state index contributed by atoms with van der Waals surface area (Å²) in [4.78, 5) is 0. The van der Waals surface area contributed by atoms with Crippen molar-refractivity contribution in [3.8, 4) is 12.1 Å². The normalized spacial score (nSPS) is 8.94. The molecule has 0 aliphatic heterocycles. The van der Waals surface area contributed by atoms with Gasteiger partial charge in [-0.25, -0.2) is 0 Å². The molecule has 0 bridgehead atoms. The first-order valence-electron chi connectivity index (χ1n) is 4.62. The second-order valence-electron chi connectivity index (χ2n) is 3.03. The number of hydrogen-bond acceptors (Lipinski definition) is 5. The Bertz CT molecular complexity index is 497. The van der Waals surface area contributed by atoms with Crippen molar-refractivity contribution in [1.29, 1.82) is 10.5 Å². The summed E-state index contributed by atoms with van der Waals surface area (Å²) < 4.78 is 5.90. The summed E-state index contributed by atoms with van der Waals surface area (Å²) in [6, 6.07) is 8.88. The number of methoxy groups -OCH3 is 1. The van der Waals surface area contributed by atoms with Crippen LogP contribution in [0.5, 0.6) is 0 Å². The number of nitriles is 2. The van der Waals surface area contributed by atoms with E-state index in [2.05, 4.69) is 26.5 Å². The van der Waals surface area contributed by atoms with E-state index in [0.717, 1.165) is 10.0 Å². The van der Waals surface area contributed by atoms with Crippen LogP contribution in [0, 0.1) is 22.7 Å². The number of nitrogens with zero attached hydrogens (tertiary/aromatic N) is 3. The molecule has 1 aromatic carbocycles. The Hall–Kier alpha value is -1.89. The Morgan fingerprint density at radius 3 is 2.76 bits per heavy atom. The molecule has 0 spiro atoms. The number of nitrogens with one attached hydrogen (secondary N) is 1. The molecule has 0 aliphatic carbocycles. The minimum absolute atomic E-state index is 0.228. The molecule has 86 valence electrons. The average Bonchev–Trinajstić information content (AvgIpc) is 2.34. The van der Waals surface area contributed by atoms with E-state index in [1.54, 1.807) is 25.3 Å². The molecule has 0 radical (unpaired) electrons. The lowest BCUT2D eigenvalue weighted by atomic mass is 10.2. The maximum atomic E-state index is 8.55. The van der Waals surface area contributed by atoms with Crippen molar-refractivity contribution in [3.05, 3.63) is 28.2 Å². The molecule has 6 heteroatoms. The van der Waals surface area contributed by atoms with Crippen molar-refractivity contribution in [3.63, 3.8) is 0 Å². The van der Waals surface area contributed by atoms with Gasteiger partial charge in [0.1, 0.15) is 12.1 Å². The lowest BCUT2D eigenvalue weighted by molar-refractivity contribution is 0.185. The van der Waals surface area contributed by atoms with Crippen molar-refractivity contribution < 1.29 is 4.74 Å². The molecule has 5 nitrogen and oxygen atoms in total. The zero-order chi connectivity index (χ0) is 12.7. The first-order valence-corrected chi connectivity index (χ1v) is 5.41. The minimum Gasteiger partial charge on any atom is -0.380 e. The molecule has 1 aromatic rings. The number of hydrazone groups is 1. The number of anilines is 1. The molecule has 0 fully saturated rings. The molecule has 0 amide bonds. The van der Waals surface area contributed by atoms with E-state index in [1.807, 2.05) is 12.1 Å². The van der Waals surface area contributed by atoms with E-state index in [9.17, 15) is 0 Å². The molecule has 0 aromatic heterocycles. The summed E-state index contributed by atoms with van der Waals surface area (Å²) in [6.07, 6.45) is 0. The van der Waals surface area contributed by atoms with Gasteiger partial charge in [-0.1, -0.05) is 22.0 Å². The van der Waals surface area contributed by atoms with Crippen LogP contribution < -0.4 is 5.43 Å². The Morgan fingerprint density at radius 1 is 1.47 bits per heavy atom. The maximum Gasteiger partial charge on any atom is 0.237 e. The monoisotopic (exact) mass is 292 g/mol. The molecule has 0 aliphatic rings. The van der Waals surface area contributed by atoms with Crippen LogP contribution in [0.2, 0.25) is 0 Å². The van der Waals surface area contributed by atoms with Crippen molar-refractivity contribution in [2.75, 3.05) is 12.5 Å². The van der Waals surface area contributed by atoms with Crippen LogP contribution in [0.1, 0.15) is 5.56 Å². The van der Waals surface area contributed by atoms with E-state index < -0.39 is 0 Å². The van der Waals surface area contributed by atoms with Crippen molar-refractivity contribution >= 4 is 27.3 Å². The SMILES string of the molecule is COCc1ccc(Br)cc1NN=C(C#N)C#N. The van der Waals surface area contributed by atoms with Gasteiger partial charge in [-0.3, -0.25) is 5.43 Å². The fourth-order valence-electron chi connectivity index (χ4n) is 1.13. The fourth-order valence-corrected chi connectivity index (χ4v) is 1.49. The van der Waals surface area contributed by atoms with Crippen LogP contribution in [0.15, 0.2) is 27.8 Å². The van der Waals surface area contributed by atoms with Gasteiger partial charge in [-0.2, -0.15) is 15.6 Å². The largest absolute Gasteiger partial charge is 0.380 e. The molecule has 0 heterocycles. The van der Waals surface area contributed by atoms with Gasteiger partial charge in [0.05, 0.1) is 12.3 Å². The van der Waals surface area contributed by atoms with E-state index in [4.69, 9.17) is 15.3 Å². The summed E-state index contributed by atoms with van der Waals surface area (Å²) in [5, 5.41) is 20.8. The van der Waals surface area contributed by atoms with Crippen molar-refractivity contribution in [2.24, 2.45) is 5.10 Å². The second kappa shape index (κ2) is 6.64. The van der Waals surface area contributed by atoms with Crippen LogP contribution >= 0.6 is 15.9 Å². The van der Waals surface area contributed by atoms with Gasteiger partial charge in [0, 0.05) is 17.1 Å². The molecular formula is C11H9BrN4O. The lowest BCUT2D eigenvalue weighted by Crippen LogP contribution is -2.00. The third-order valence-electron chi connectivity index (χ3n) is 1.87.